The molecule has 8 heteroatoms. The number of ketones is 1. The van der Waals surface area contributed by atoms with Crippen molar-refractivity contribution in [2.45, 2.75) is 25.2 Å². The van der Waals surface area contributed by atoms with Gasteiger partial charge in [0.15, 0.2) is 5.78 Å². The average molecular weight is 408 g/mol. The van der Waals surface area contributed by atoms with E-state index in [-0.39, 0.29) is 11.5 Å². The Morgan fingerprint density at radius 1 is 1.38 bits per heavy atom. The molecule has 1 aliphatic heterocycles. The van der Waals surface area contributed by atoms with Gasteiger partial charge in [0.25, 0.3) is 0 Å². The number of nitrogens with zero attached hydrogens (tertiary/aromatic N) is 1. The Hall–Kier alpha value is -1.94. The van der Waals surface area contributed by atoms with Gasteiger partial charge >= 0.3 is 0 Å². The molecule has 0 spiro atoms. The fraction of sp³-hybridized carbons (Fsp3) is 0.278. The van der Waals surface area contributed by atoms with Gasteiger partial charge in [0.2, 0.25) is 5.91 Å². The molecule has 1 atom stereocenters. The van der Waals surface area contributed by atoms with Gasteiger partial charge in [0.1, 0.15) is 0 Å². The number of dihydropyridines is 1. The lowest BCUT2D eigenvalue weighted by molar-refractivity contribution is -0.116. The van der Waals surface area contributed by atoms with E-state index in [1.165, 1.54) is 0 Å². The minimum absolute atomic E-state index is 0.00788. The first-order valence-corrected chi connectivity index (χ1v) is 9.70. The van der Waals surface area contributed by atoms with Crippen molar-refractivity contribution < 1.29 is 9.59 Å². The molecule has 26 heavy (non-hydrogen) atoms. The zero-order valence-corrected chi connectivity index (χ0v) is 16.0. The van der Waals surface area contributed by atoms with E-state index in [1.807, 2.05) is 0 Å². The van der Waals surface area contributed by atoms with Crippen LogP contribution in [-0.2, 0) is 9.59 Å². The van der Waals surface area contributed by atoms with E-state index in [0.717, 1.165) is 23.9 Å². The van der Waals surface area contributed by atoms with Crippen LogP contribution in [0.2, 0.25) is 10.0 Å². The summed E-state index contributed by atoms with van der Waals surface area (Å²) < 4.78 is 0. The molecule has 0 fully saturated rings. The van der Waals surface area contributed by atoms with E-state index in [1.54, 1.807) is 18.2 Å². The summed E-state index contributed by atoms with van der Waals surface area (Å²) in [6.45, 7) is 0. The van der Waals surface area contributed by atoms with Gasteiger partial charge in [-0.05, 0) is 24.5 Å². The summed E-state index contributed by atoms with van der Waals surface area (Å²) >= 11 is 13.7. The van der Waals surface area contributed by atoms with Crippen LogP contribution in [0.15, 0.2) is 40.1 Å². The third-order valence-corrected chi connectivity index (χ3v) is 6.19. The number of amides is 1. The summed E-state index contributed by atoms with van der Waals surface area (Å²) in [4.78, 5) is 23.8. The van der Waals surface area contributed by atoms with Crippen molar-refractivity contribution >= 4 is 46.7 Å². The largest absolute Gasteiger partial charge is 0.369 e. The Balaban J connectivity index is 2.18. The van der Waals surface area contributed by atoms with Crippen LogP contribution in [0.25, 0.3) is 0 Å². The number of hydrogen-bond acceptors (Lipinski definition) is 5. The lowest BCUT2D eigenvalue weighted by Gasteiger charge is -2.33. The SMILES string of the molecule is N#CC1=C(SCC(N)=O)NC2=C(C(=O)CCC2)[C@@H]1c1cccc(Cl)c1Cl. The van der Waals surface area contributed by atoms with Crippen LogP contribution in [0.4, 0.5) is 0 Å². The van der Waals surface area contributed by atoms with Crippen LogP contribution in [-0.4, -0.2) is 17.4 Å². The first kappa shape index (κ1) is 18.8. The van der Waals surface area contributed by atoms with E-state index in [4.69, 9.17) is 28.9 Å². The molecule has 1 amide bonds. The van der Waals surface area contributed by atoms with Gasteiger partial charge < -0.3 is 11.1 Å². The molecular formula is C18H15Cl2N3O2S. The van der Waals surface area contributed by atoms with Crippen LogP contribution >= 0.6 is 35.0 Å². The van der Waals surface area contributed by atoms with Crippen molar-refractivity contribution in [2.75, 3.05) is 5.75 Å². The lowest BCUT2D eigenvalue weighted by atomic mass is 9.77. The van der Waals surface area contributed by atoms with E-state index in [9.17, 15) is 14.9 Å². The summed E-state index contributed by atoms with van der Waals surface area (Å²) in [7, 11) is 0. The van der Waals surface area contributed by atoms with E-state index < -0.39 is 11.8 Å². The molecule has 0 saturated heterocycles. The van der Waals surface area contributed by atoms with Crippen LogP contribution < -0.4 is 11.1 Å². The van der Waals surface area contributed by atoms with Gasteiger partial charge in [-0.3, -0.25) is 9.59 Å². The van der Waals surface area contributed by atoms with Gasteiger partial charge in [-0.25, -0.2) is 0 Å². The maximum absolute atomic E-state index is 12.7. The standard InChI is InChI=1S/C18H15Cl2N3O2S/c19-11-4-1-3-9(17(11)20)15-10(7-21)18(26-8-14(22)25)23-12-5-2-6-13(24)16(12)15/h1,3-4,15,23H,2,5-6,8H2,(H2,22,25)/t15-/m1/s1. The van der Waals surface area contributed by atoms with Gasteiger partial charge in [-0.2, -0.15) is 5.26 Å². The molecule has 0 saturated carbocycles. The van der Waals surface area contributed by atoms with Crippen molar-refractivity contribution in [3.8, 4) is 6.07 Å². The Morgan fingerprint density at radius 3 is 2.85 bits per heavy atom. The summed E-state index contributed by atoms with van der Waals surface area (Å²) in [6.07, 6.45) is 1.85. The second kappa shape index (κ2) is 7.75. The highest BCUT2D eigenvalue weighted by Crippen LogP contribution is 2.46. The lowest BCUT2D eigenvalue weighted by Crippen LogP contribution is -2.32. The summed E-state index contributed by atoms with van der Waals surface area (Å²) in [5, 5.41) is 14.2. The number of nitriles is 1. The van der Waals surface area contributed by atoms with Gasteiger partial charge in [0.05, 0.1) is 38.4 Å². The summed E-state index contributed by atoms with van der Waals surface area (Å²) in [5.41, 5.74) is 7.52. The first-order chi connectivity index (χ1) is 12.4. The Morgan fingerprint density at radius 2 is 2.15 bits per heavy atom. The van der Waals surface area contributed by atoms with E-state index in [2.05, 4.69) is 11.4 Å². The Labute approximate surface area is 165 Å². The number of carbonyl (C=O) groups is 2. The van der Waals surface area contributed by atoms with Crippen molar-refractivity contribution in [3.63, 3.8) is 0 Å². The Kier molecular flexibility index (Phi) is 5.61. The number of benzene rings is 1. The number of hydrogen-bond donors (Lipinski definition) is 2. The number of rotatable bonds is 4. The van der Waals surface area contributed by atoms with E-state index >= 15 is 0 Å². The minimum atomic E-state index is -0.606. The second-order valence-corrected chi connectivity index (χ2v) is 7.75. The molecule has 0 unspecified atom stereocenters. The molecule has 134 valence electrons. The fourth-order valence-corrected chi connectivity index (χ4v) is 4.45. The van der Waals surface area contributed by atoms with E-state index in [0.29, 0.717) is 44.6 Å². The molecule has 2 aliphatic rings. The monoisotopic (exact) mass is 407 g/mol. The molecule has 1 aliphatic carbocycles. The smallest absolute Gasteiger partial charge is 0.227 e. The third kappa shape index (κ3) is 3.48. The van der Waals surface area contributed by atoms with Gasteiger partial charge in [-0.1, -0.05) is 47.1 Å². The Bertz CT molecular complexity index is 902. The summed E-state index contributed by atoms with van der Waals surface area (Å²) in [5.74, 6) is -1.07. The quantitative estimate of drug-likeness (QED) is 0.793. The second-order valence-electron chi connectivity index (χ2n) is 5.98. The predicted octanol–water partition coefficient (Wildman–Crippen LogP) is 3.64. The molecule has 1 aromatic rings. The maximum atomic E-state index is 12.7. The molecule has 1 aromatic carbocycles. The highest BCUT2D eigenvalue weighted by molar-refractivity contribution is 8.03. The molecule has 3 rings (SSSR count). The van der Waals surface area contributed by atoms with Crippen LogP contribution in [0.1, 0.15) is 30.7 Å². The summed E-state index contributed by atoms with van der Waals surface area (Å²) in [6, 6.07) is 7.35. The predicted molar refractivity (Wildman–Crippen MR) is 103 cm³/mol. The number of primary amides is 1. The number of allylic oxidation sites excluding steroid dienone is 3. The van der Waals surface area contributed by atoms with Crippen LogP contribution in [0.3, 0.4) is 0 Å². The molecule has 0 aromatic heterocycles. The number of halogens is 2. The fourth-order valence-electron chi connectivity index (χ4n) is 3.24. The molecule has 5 nitrogen and oxygen atoms in total. The highest BCUT2D eigenvalue weighted by Gasteiger charge is 2.38. The van der Waals surface area contributed by atoms with Gasteiger partial charge in [-0.15, -0.1) is 0 Å². The van der Waals surface area contributed by atoms with Crippen LogP contribution in [0, 0.1) is 11.3 Å². The zero-order chi connectivity index (χ0) is 18.8. The minimum Gasteiger partial charge on any atom is -0.369 e. The van der Waals surface area contributed by atoms with Gasteiger partial charge in [0, 0.05) is 17.7 Å². The number of thioether (sulfide) groups is 1. The van der Waals surface area contributed by atoms with Crippen LogP contribution in [0.5, 0.6) is 0 Å². The van der Waals surface area contributed by atoms with Crippen molar-refractivity contribution in [1.82, 2.24) is 5.32 Å². The first-order valence-electron chi connectivity index (χ1n) is 7.96. The average Bonchev–Trinajstić information content (AvgIpc) is 2.61. The number of nitrogens with one attached hydrogen (secondary N) is 1. The topological polar surface area (TPSA) is 96.0 Å². The third-order valence-electron chi connectivity index (χ3n) is 4.31. The normalized spacial score (nSPS) is 19.7. The molecule has 3 N–H and O–H groups in total. The molecule has 1 heterocycles. The molecule has 0 bridgehead atoms. The zero-order valence-electron chi connectivity index (χ0n) is 13.6. The number of nitrogens with two attached hydrogens (primary N) is 1. The highest BCUT2D eigenvalue weighted by atomic mass is 35.5. The molecular weight excluding hydrogens is 393 g/mol. The number of Topliss-reactive ketones (excluding diaryl/α,β-unsaturated/α-hetero) is 1. The maximum Gasteiger partial charge on any atom is 0.227 e. The van der Waals surface area contributed by atoms with Crippen molar-refractivity contribution in [1.29, 1.82) is 5.26 Å². The molecule has 0 radical (unpaired) electrons. The van der Waals surface area contributed by atoms with Crippen molar-refractivity contribution in [2.24, 2.45) is 5.73 Å². The number of carbonyl (C=O) groups excluding carboxylic acids is 2. The van der Waals surface area contributed by atoms with Crippen molar-refractivity contribution in [3.05, 3.63) is 55.7 Å².